The van der Waals surface area contributed by atoms with Crippen molar-refractivity contribution in [3.8, 4) is 5.75 Å². The summed E-state index contributed by atoms with van der Waals surface area (Å²) in [6, 6.07) is 21.9. The number of methoxy groups -OCH3 is 1. The Morgan fingerprint density at radius 2 is 1.62 bits per heavy atom. The third-order valence-electron chi connectivity index (χ3n) is 6.83. The molecule has 0 radical (unpaired) electrons. The molecule has 1 aliphatic rings. The molecule has 0 spiro atoms. The van der Waals surface area contributed by atoms with Crippen LogP contribution in [-0.4, -0.2) is 43.0 Å². The van der Waals surface area contributed by atoms with Crippen LogP contribution in [0.3, 0.4) is 0 Å². The number of Topliss-reactive ketones (excluding diaryl/α,β-unsaturated/α-hetero) is 1. The smallest absolute Gasteiger partial charge is 0.524 e. The fourth-order valence-electron chi connectivity index (χ4n) is 4.65. The molecule has 3 aromatic rings. The predicted molar refractivity (Wildman–Crippen MR) is 167 cm³/mol. The van der Waals surface area contributed by atoms with Gasteiger partial charge in [0.15, 0.2) is 0 Å². The number of ether oxygens (including phenoxy) is 3. The molecular weight excluding hydrogens is 751 g/mol. The number of carbonyl (C=O) groups is 3. The Hall–Kier alpha value is -4.15. The molecule has 1 unspecified atom stereocenters. The van der Waals surface area contributed by atoms with E-state index in [4.69, 9.17) is 9.47 Å². The van der Waals surface area contributed by atoms with Crippen molar-refractivity contribution >= 4 is 24.3 Å². The minimum Gasteiger partial charge on any atom is -0.524 e. The minimum absolute atomic E-state index is 0. The van der Waals surface area contributed by atoms with Gasteiger partial charge in [-0.1, -0.05) is 48.5 Å². The van der Waals surface area contributed by atoms with Crippen LogP contribution in [0.5, 0.6) is 5.75 Å². The average molecular weight is 791 g/mol. The predicted octanol–water partition coefficient (Wildman–Crippen LogP) is 5.61. The van der Waals surface area contributed by atoms with Crippen molar-refractivity contribution in [1.29, 1.82) is 0 Å². The van der Waals surface area contributed by atoms with E-state index in [1.54, 1.807) is 63.6 Å². The Morgan fingerprint density at radius 3 is 2.22 bits per heavy atom. The van der Waals surface area contributed by atoms with Crippen LogP contribution in [0.4, 0.5) is 4.79 Å². The van der Waals surface area contributed by atoms with Gasteiger partial charge in [-0.05, 0) is 93.0 Å². The van der Waals surface area contributed by atoms with Gasteiger partial charge >= 0.3 is 31.9 Å². The zero-order valence-electron chi connectivity index (χ0n) is 26.0. The SMILES string of the molecule is O=[C-]N[C@@H]1CCCc2ccccc21.[CH2-]C(=O)C(Cc1ccc(OCc2ccc(C(=O)OC)cc2)cc1)NC(=O)OC(C)(C)C.[Os+2]. The molecule has 0 aliphatic heterocycles. The first-order chi connectivity index (χ1) is 21.0. The normalized spacial score (nSPS) is 14.1. The van der Waals surface area contributed by atoms with Crippen LogP contribution >= 0.6 is 0 Å². The third kappa shape index (κ3) is 12.4. The maximum absolute atomic E-state index is 12.0. The molecule has 0 heterocycles. The number of benzene rings is 3. The van der Waals surface area contributed by atoms with Gasteiger partial charge in [0.05, 0.1) is 18.7 Å². The summed E-state index contributed by atoms with van der Waals surface area (Å²) in [6.45, 7) is 9.01. The van der Waals surface area contributed by atoms with Gasteiger partial charge in [-0.15, -0.1) is 0 Å². The van der Waals surface area contributed by atoms with Crippen LogP contribution in [0.1, 0.15) is 72.3 Å². The first kappa shape index (κ1) is 37.0. The van der Waals surface area contributed by atoms with Gasteiger partial charge in [0.25, 0.3) is 0 Å². The summed E-state index contributed by atoms with van der Waals surface area (Å²) in [4.78, 5) is 45.5. The number of ketones is 1. The number of carbonyl (C=O) groups excluding carboxylic acids is 4. The van der Waals surface area contributed by atoms with E-state index in [0.29, 0.717) is 17.9 Å². The Morgan fingerprint density at radius 1 is 0.978 bits per heavy atom. The average Bonchev–Trinajstić information content (AvgIpc) is 3.00. The Balaban J connectivity index is 0.000000418. The number of alkyl carbamates (subject to hydrolysis) is 1. The molecule has 2 N–H and O–H groups in total. The standard InChI is InChI=1S/C24H28NO6.C11H12NO.Os/c1-16(26)21(25-23(28)31-24(2,3)4)14-17-8-12-20(13-9-17)30-15-18-6-10-19(11-7-18)22(27)29-5;13-8-12-11-7-3-5-9-4-1-2-6-10(9)11;/h6-13,21H,1,14-15H2,2-5H3,(H,25,28);1-2,4,6,11H,3,5,7H2,(H,12,13);/q2*-1;+2/t;11-;/m.1./s1. The van der Waals surface area contributed by atoms with Crippen molar-refractivity contribution in [3.05, 3.63) is 108 Å². The fourth-order valence-corrected chi connectivity index (χ4v) is 4.65. The number of amides is 2. The van der Waals surface area contributed by atoms with E-state index >= 15 is 0 Å². The molecular formula is C35H40N2O7Os. The summed E-state index contributed by atoms with van der Waals surface area (Å²) in [5.74, 6) is -0.136. The number of aryl methyl sites for hydroxylation is 1. The first-order valence-electron chi connectivity index (χ1n) is 14.4. The summed E-state index contributed by atoms with van der Waals surface area (Å²) in [5.41, 5.74) is 4.19. The summed E-state index contributed by atoms with van der Waals surface area (Å²) >= 11 is 0. The topological polar surface area (TPSA) is 120 Å². The third-order valence-corrected chi connectivity index (χ3v) is 6.83. The van der Waals surface area contributed by atoms with Crippen LogP contribution < -0.4 is 15.4 Å². The van der Waals surface area contributed by atoms with Gasteiger partial charge in [-0.25, -0.2) is 9.59 Å². The van der Waals surface area contributed by atoms with E-state index in [1.165, 1.54) is 18.2 Å². The summed E-state index contributed by atoms with van der Waals surface area (Å²) in [7, 11) is 1.34. The molecule has 0 fully saturated rings. The molecule has 240 valence electrons. The van der Waals surface area contributed by atoms with Crippen molar-refractivity contribution in [2.75, 3.05) is 7.11 Å². The number of rotatable bonds is 10. The molecule has 1 aliphatic carbocycles. The molecule has 10 heteroatoms. The van der Waals surface area contributed by atoms with Gasteiger partial charge in [0.2, 0.25) is 0 Å². The van der Waals surface area contributed by atoms with Gasteiger partial charge in [-0.2, -0.15) is 6.41 Å². The number of nitrogens with one attached hydrogen (secondary N) is 2. The quantitative estimate of drug-likeness (QED) is 0.156. The van der Waals surface area contributed by atoms with Gasteiger partial charge in [-0.3, -0.25) is 0 Å². The Labute approximate surface area is 278 Å². The maximum Gasteiger partial charge on any atom is 2.00 e. The number of hydrogen-bond donors (Lipinski definition) is 2. The summed E-state index contributed by atoms with van der Waals surface area (Å²) in [5, 5.41) is 5.30. The molecule has 0 bridgehead atoms. The fraction of sp³-hybridized carbons (Fsp3) is 0.343. The summed E-state index contributed by atoms with van der Waals surface area (Å²) in [6.07, 6.45) is 4.72. The van der Waals surface area contributed by atoms with E-state index in [1.807, 2.05) is 24.3 Å². The minimum atomic E-state index is -0.782. The molecule has 45 heavy (non-hydrogen) atoms. The Kier molecular flexibility index (Phi) is 14.8. The molecule has 4 rings (SSSR count). The molecule has 2 atom stereocenters. The maximum atomic E-state index is 12.0. The molecule has 9 nitrogen and oxygen atoms in total. The second-order valence-corrected chi connectivity index (χ2v) is 11.4. The van der Waals surface area contributed by atoms with Gasteiger partial charge < -0.3 is 41.4 Å². The molecule has 3 aromatic carbocycles. The molecule has 2 amide bonds. The van der Waals surface area contributed by atoms with Crippen LogP contribution in [0, 0.1) is 6.92 Å². The second-order valence-electron chi connectivity index (χ2n) is 11.4. The van der Waals surface area contributed by atoms with Crippen molar-refractivity contribution in [2.45, 2.75) is 70.7 Å². The van der Waals surface area contributed by atoms with E-state index in [-0.39, 0.29) is 38.2 Å². The number of fused-ring (bicyclic) bond motifs is 1. The van der Waals surface area contributed by atoms with Gasteiger partial charge in [0.1, 0.15) is 18.0 Å². The number of esters is 1. The van der Waals surface area contributed by atoms with Crippen LogP contribution in [0.25, 0.3) is 0 Å². The van der Waals surface area contributed by atoms with Crippen LogP contribution in [0.15, 0.2) is 72.8 Å². The monoisotopic (exact) mass is 792 g/mol. The molecule has 0 saturated carbocycles. The van der Waals surface area contributed by atoms with Crippen molar-refractivity contribution < 1.29 is 53.2 Å². The molecule has 0 aromatic heterocycles. The summed E-state index contributed by atoms with van der Waals surface area (Å²) < 4.78 is 15.6. The van der Waals surface area contributed by atoms with Crippen molar-refractivity contribution in [2.24, 2.45) is 0 Å². The zero-order chi connectivity index (χ0) is 32.1. The molecule has 0 saturated heterocycles. The van der Waals surface area contributed by atoms with E-state index in [2.05, 4.69) is 34.4 Å². The van der Waals surface area contributed by atoms with Crippen LogP contribution in [-0.2, 0) is 58.3 Å². The zero-order valence-corrected chi connectivity index (χ0v) is 28.6. The van der Waals surface area contributed by atoms with Gasteiger partial charge in [0, 0.05) is 11.8 Å². The van der Waals surface area contributed by atoms with E-state index in [0.717, 1.165) is 30.4 Å². The largest absolute Gasteiger partial charge is 2.00 e. The number of hydrogen-bond acceptors (Lipinski definition) is 7. The van der Waals surface area contributed by atoms with Crippen molar-refractivity contribution in [3.63, 3.8) is 0 Å². The van der Waals surface area contributed by atoms with E-state index in [9.17, 15) is 19.2 Å². The first-order valence-corrected chi connectivity index (χ1v) is 14.4. The van der Waals surface area contributed by atoms with Crippen LogP contribution in [0.2, 0.25) is 0 Å². The van der Waals surface area contributed by atoms with Crippen molar-refractivity contribution in [1.82, 2.24) is 10.6 Å². The van der Waals surface area contributed by atoms with E-state index < -0.39 is 23.5 Å². The second kappa shape index (κ2) is 18.0. The Bertz CT molecular complexity index is 1400.